The lowest BCUT2D eigenvalue weighted by Crippen LogP contribution is -2.18. The number of rotatable bonds is 8. The van der Waals surface area contributed by atoms with Crippen LogP contribution < -0.4 is 10.1 Å². The van der Waals surface area contributed by atoms with Crippen molar-refractivity contribution < 1.29 is 22.6 Å². The van der Waals surface area contributed by atoms with Gasteiger partial charge in [-0.15, -0.1) is 0 Å². The molecule has 0 saturated heterocycles. The number of halogens is 3. The van der Waals surface area contributed by atoms with Gasteiger partial charge in [0.25, 0.3) is 0 Å². The second-order valence-corrected chi connectivity index (χ2v) is 3.60. The number of hydrogen-bond donors (Lipinski definition) is 1. The lowest BCUT2D eigenvalue weighted by Gasteiger charge is -2.09. The molecule has 0 fully saturated rings. The first-order valence-electron chi connectivity index (χ1n) is 5.55. The summed E-state index contributed by atoms with van der Waals surface area (Å²) in [4.78, 5) is 0. The first kappa shape index (κ1) is 14.8. The Kier molecular flexibility index (Phi) is 6.53. The van der Waals surface area contributed by atoms with Gasteiger partial charge in [-0.05, 0) is 17.7 Å². The average Bonchev–Trinajstić information content (AvgIpc) is 2.34. The number of benzene rings is 1. The topological polar surface area (TPSA) is 30.5 Å². The van der Waals surface area contributed by atoms with Crippen molar-refractivity contribution >= 4 is 0 Å². The van der Waals surface area contributed by atoms with Crippen LogP contribution >= 0.6 is 0 Å². The summed E-state index contributed by atoms with van der Waals surface area (Å²) in [6, 6.07) is 2.33. The normalized spacial score (nSPS) is 10.7. The number of alkyl halides is 1. The summed E-state index contributed by atoms with van der Waals surface area (Å²) in [5.41, 5.74) is 0.453. The number of nitrogens with one attached hydrogen (secondary N) is 1. The highest BCUT2D eigenvalue weighted by atomic mass is 19.1. The van der Waals surface area contributed by atoms with Crippen LogP contribution in [0.3, 0.4) is 0 Å². The van der Waals surface area contributed by atoms with Crippen LogP contribution in [0.15, 0.2) is 12.1 Å². The molecule has 1 aromatic carbocycles. The molecule has 0 aliphatic heterocycles. The van der Waals surface area contributed by atoms with Gasteiger partial charge in [0.1, 0.15) is 13.3 Å². The van der Waals surface area contributed by atoms with Crippen molar-refractivity contribution in [3.05, 3.63) is 29.3 Å². The largest absolute Gasteiger partial charge is 0.485 e. The van der Waals surface area contributed by atoms with Gasteiger partial charge in [-0.2, -0.15) is 0 Å². The van der Waals surface area contributed by atoms with Gasteiger partial charge in [0.05, 0.1) is 6.61 Å². The molecule has 0 aliphatic carbocycles. The number of hydrogen-bond acceptors (Lipinski definition) is 3. The third-order valence-corrected chi connectivity index (χ3v) is 2.19. The Labute approximate surface area is 104 Å². The highest BCUT2D eigenvalue weighted by Crippen LogP contribution is 2.23. The molecule has 3 nitrogen and oxygen atoms in total. The zero-order valence-electron chi connectivity index (χ0n) is 10.1. The van der Waals surface area contributed by atoms with Crippen molar-refractivity contribution in [2.45, 2.75) is 6.54 Å². The smallest absolute Gasteiger partial charge is 0.190 e. The molecule has 6 heteroatoms. The fourth-order valence-electron chi connectivity index (χ4n) is 1.40. The van der Waals surface area contributed by atoms with E-state index < -0.39 is 24.1 Å². The molecule has 0 bridgehead atoms. The van der Waals surface area contributed by atoms with Crippen molar-refractivity contribution in [2.24, 2.45) is 0 Å². The average molecular weight is 263 g/mol. The molecular formula is C12H16F3NO2. The van der Waals surface area contributed by atoms with Gasteiger partial charge in [0.2, 0.25) is 0 Å². The molecule has 0 aliphatic rings. The first-order valence-corrected chi connectivity index (χ1v) is 5.55. The lowest BCUT2D eigenvalue weighted by molar-refractivity contribution is 0.199. The maximum absolute atomic E-state index is 13.5. The lowest BCUT2D eigenvalue weighted by atomic mass is 10.2. The summed E-state index contributed by atoms with van der Waals surface area (Å²) in [6.45, 7) is 0.265. The van der Waals surface area contributed by atoms with Crippen LogP contribution in [0.25, 0.3) is 0 Å². The van der Waals surface area contributed by atoms with E-state index in [4.69, 9.17) is 4.74 Å². The van der Waals surface area contributed by atoms with Gasteiger partial charge < -0.3 is 14.8 Å². The Hall–Kier alpha value is -1.27. The molecule has 0 unspecified atom stereocenters. The maximum atomic E-state index is 13.5. The molecule has 0 radical (unpaired) electrons. The minimum atomic E-state index is -0.827. The van der Waals surface area contributed by atoms with Gasteiger partial charge >= 0.3 is 0 Å². The van der Waals surface area contributed by atoms with Crippen molar-refractivity contribution in [2.75, 3.05) is 33.5 Å². The minimum Gasteiger partial charge on any atom is -0.485 e. The van der Waals surface area contributed by atoms with Crippen LogP contribution in [0.5, 0.6) is 5.75 Å². The molecule has 0 spiro atoms. The summed E-state index contributed by atoms with van der Waals surface area (Å²) in [6.07, 6.45) is 0. The molecule has 0 aromatic heterocycles. The molecule has 1 rings (SSSR count). The van der Waals surface area contributed by atoms with Crippen molar-refractivity contribution in [3.8, 4) is 5.75 Å². The third-order valence-electron chi connectivity index (χ3n) is 2.19. The third kappa shape index (κ3) is 4.54. The summed E-state index contributed by atoms with van der Waals surface area (Å²) in [5, 5.41) is 2.96. The maximum Gasteiger partial charge on any atom is 0.190 e. The standard InChI is InChI=1S/C12H16F3NO2/c1-17-5-3-16-8-9-6-10(14)12(11(15)7-9)18-4-2-13/h6-7,16H,2-5,8H2,1H3. The van der Waals surface area contributed by atoms with E-state index in [1.807, 2.05) is 0 Å². The van der Waals surface area contributed by atoms with Crippen LogP contribution in [0.2, 0.25) is 0 Å². The SMILES string of the molecule is COCCNCc1cc(F)c(OCCF)c(F)c1. The van der Waals surface area contributed by atoms with E-state index in [-0.39, 0.29) is 6.61 Å². The van der Waals surface area contributed by atoms with E-state index in [0.29, 0.717) is 25.3 Å². The highest BCUT2D eigenvalue weighted by molar-refractivity contribution is 5.31. The molecular weight excluding hydrogens is 247 g/mol. The molecule has 0 heterocycles. The summed E-state index contributed by atoms with van der Waals surface area (Å²) in [7, 11) is 1.57. The fourth-order valence-corrected chi connectivity index (χ4v) is 1.40. The van der Waals surface area contributed by atoms with Crippen molar-refractivity contribution in [3.63, 3.8) is 0 Å². The quantitative estimate of drug-likeness (QED) is 0.728. The zero-order valence-corrected chi connectivity index (χ0v) is 10.1. The number of ether oxygens (including phenoxy) is 2. The molecule has 102 valence electrons. The predicted octanol–water partition coefficient (Wildman–Crippen LogP) is 2.05. The fraction of sp³-hybridized carbons (Fsp3) is 0.500. The van der Waals surface area contributed by atoms with Crippen molar-refractivity contribution in [1.82, 2.24) is 5.32 Å². The second kappa shape index (κ2) is 7.94. The first-order chi connectivity index (χ1) is 8.69. The van der Waals surface area contributed by atoms with E-state index in [1.165, 1.54) is 0 Å². The summed E-state index contributed by atoms with van der Waals surface area (Å²) < 4.78 is 48.3. The van der Waals surface area contributed by atoms with Crippen LogP contribution in [0, 0.1) is 11.6 Å². The van der Waals surface area contributed by atoms with Gasteiger partial charge in [-0.1, -0.05) is 0 Å². The molecule has 0 atom stereocenters. The molecule has 18 heavy (non-hydrogen) atoms. The molecule has 0 amide bonds. The number of methoxy groups -OCH3 is 1. The molecule has 0 saturated carbocycles. The Morgan fingerprint density at radius 3 is 2.39 bits per heavy atom. The van der Waals surface area contributed by atoms with Crippen LogP contribution in [0.4, 0.5) is 13.2 Å². The Balaban J connectivity index is 2.61. The highest BCUT2D eigenvalue weighted by Gasteiger charge is 2.12. The summed E-state index contributed by atoms with van der Waals surface area (Å²) >= 11 is 0. The van der Waals surface area contributed by atoms with E-state index in [9.17, 15) is 13.2 Å². The predicted molar refractivity (Wildman–Crippen MR) is 61.4 cm³/mol. The zero-order chi connectivity index (χ0) is 13.4. The molecule has 1 aromatic rings. The van der Waals surface area contributed by atoms with Crippen LogP contribution in [-0.2, 0) is 11.3 Å². The Morgan fingerprint density at radius 2 is 1.83 bits per heavy atom. The second-order valence-electron chi connectivity index (χ2n) is 3.60. The Morgan fingerprint density at radius 1 is 1.17 bits per heavy atom. The van der Waals surface area contributed by atoms with E-state index in [0.717, 1.165) is 12.1 Å². The minimum absolute atomic E-state index is 0.320. The van der Waals surface area contributed by atoms with Crippen molar-refractivity contribution in [1.29, 1.82) is 0 Å². The van der Waals surface area contributed by atoms with E-state index in [1.54, 1.807) is 7.11 Å². The summed E-state index contributed by atoms with van der Waals surface area (Å²) in [5.74, 6) is -2.19. The van der Waals surface area contributed by atoms with Crippen LogP contribution in [0.1, 0.15) is 5.56 Å². The molecule has 1 N–H and O–H groups in total. The van der Waals surface area contributed by atoms with Gasteiger partial charge in [-0.3, -0.25) is 0 Å². The van der Waals surface area contributed by atoms with Gasteiger partial charge in [-0.25, -0.2) is 13.2 Å². The van der Waals surface area contributed by atoms with E-state index >= 15 is 0 Å². The Bertz CT molecular complexity index is 351. The van der Waals surface area contributed by atoms with Crippen LogP contribution in [-0.4, -0.2) is 33.5 Å². The van der Waals surface area contributed by atoms with Gasteiger partial charge in [0, 0.05) is 20.2 Å². The van der Waals surface area contributed by atoms with Gasteiger partial charge in [0.15, 0.2) is 17.4 Å². The monoisotopic (exact) mass is 263 g/mol. The van der Waals surface area contributed by atoms with E-state index in [2.05, 4.69) is 10.1 Å².